The van der Waals surface area contributed by atoms with Gasteiger partial charge in [-0.25, -0.2) is 0 Å². The number of nitro benzene ring substituents is 1. The average Bonchev–Trinajstić information content (AvgIpc) is 2.99. The van der Waals surface area contributed by atoms with E-state index in [1.54, 1.807) is 24.3 Å². The van der Waals surface area contributed by atoms with Crippen molar-refractivity contribution in [2.24, 2.45) is 5.92 Å². The Kier molecular flexibility index (Phi) is 4.42. The lowest BCUT2D eigenvalue weighted by atomic mass is 10.1. The first-order chi connectivity index (χ1) is 12.0. The van der Waals surface area contributed by atoms with Gasteiger partial charge in [0.05, 0.1) is 10.8 Å². The minimum absolute atomic E-state index is 0.0457. The molecule has 2 aromatic carbocycles. The number of anilines is 2. The van der Waals surface area contributed by atoms with Gasteiger partial charge in [-0.15, -0.1) is 0 Å². The van der Waals surface area contributed by atoms with Crippen LogP contribution in [0.1, 0.15) is 6.42 Å². The summed E-state index contributed by atoms with van der Waals surface area (Å²) >= 11 is 0. The van der Waals surface area contributed by atoms with Crippen LogP contribution in [0.2, 0.25) is 0 Å². The summed E-state index contributed by atoms with van der Waals surface area (Å²) in [5, 5.41) is 13.3. The van der Waals surface area contributed by atoms with Crippen LogP contribution in [0.15, 0.2) is 48.5 Å². The van der Waals surface area contributed by atoms with Gasteiger partial charge in [-0.3, -0.25) is 19.7 Å². The van der Waals surface area contributed by atoms with Gasteiger partial charge < -0.3 is 10.2 Å². The molecule has 0 saturated carbocycles. The van der Waals surface area contributed by atoms with Gasteiger partial charge in [-0.05, 0) is 24.3 Å². The molecule has 0 bridgehead atoms. The first kappa shape index (κ1) is 16.6. The van der Waals surface area contributed by atoms with Gasteiger partial charge in [-0.1, -0.05) is 18.2 Å². The monoisotopic (exact) mass is 343 g/mol. The van der Waals surface area contributed by atoms with Crippen molar-refractivity contribution in [2.45, 2.75) is 6.42 Å². The third-order valence-electron chi connectivity index (χ3n) is 3.97. The molecule has 2 aromatic rings. The molecular formula is C17H14FN3O4. The number of hydrogen-bond acceptors (Lipinski definition) is 4. The molecule has 0 aromatic heterocycles. The van der Waals surface area contributed by atoms with Crippen LogP contribution in [0.3, 0.4) is 0 Å². The van der Waals surface area contributed by atoms with Gasteiger partial charge in [0, 0.05) is 30.4 Å². The van der Waals surface area contributed by atoms with Gasteiger partial charge in [0.15, 0.2) is 0 Å². The predicted molar refractivity (Wildman–Crippen MR) is 88.6 cm³/mol. The van der Waals surface area contributed by atoms with E-state index in [-0.39, 0.29) is 24.6 Å². The molecule has 2 amide bonds. The lowest BCUT2D eigenvalue weighted by Gasteiger charge is -2.16. The minimum Gasteiger partial charge on any atom is -0.326 e. The average molecular weight is 343 g/mol. The molecule has 0 aliphatic carbocycles. The zero-order chi connectivity index (χ0) is 18.0. The fraction of sp³-hybridized carbons (Fsp3) is 0.176. The van der Waals surface area contributed by atoms with Crippen molar-refractivity contribution in [3.8, 4) is 0 Å². The Hall–Kier alpha value is -3.29. The Labute approximate surface area is 142 Å². The Bertz CT molecular complexity index is 841. The quantitative estimate of drug-likeness (QED) is 0.682. The molecule has 25 heavy (non-hydrogen) atoms. The third kappa shape index (κ3) is 3.47. The molecule has 128 valence electrons. The number of carbonyl (C=O) groups excluding carboxylic acids is 2. The van der Waals surface area contributed by atoms with Crippen molar-refractivity contribution in [2.75, 3.05) is 16.8 Å². The van der Waals surface area contributed by atoms with E-state index >= 15 is 0 Å². The molecule has 1 N–H and O–H groups in total. The van der Waals surface area contributed by atoms with Crippen LogP contribution in [-0.2, 0) is 9.59 Å². The van der Waals surface area contributed by atoms with E-state index in [1.807, 2.05) is 6.07 Å². The molecule has 1 saturated heterocycles. The van der Waals surface area contributed by atoms with Gasteiger partial charge in [0.25, 0.3) is 0 Å². The van der Waals surface area contributed by atoms with Crippen molar-refractivity contribution in [1.29, 1.82) is 0 Å². The molecule has 1 aliphatic rings. The van der Waals surface area contributed by atoms with Crippen LogP contribution in [0.25, 0.3) is 0 Å². The predicted octanol–water partition coefficient (Wildman–Crippen LogP) is 2.73. The molecule has 1 unspecified atom stereocenters. The number of hydrogen-bond donors (Lipinski definition) is 1. The summed E-state index contributed by atoms with van der Waals surface area (Å²) in [5.41, 5.74) is 0.107. The fourth-order valence-electron chi connectivity index (χ4n) is 2.72. The van der Waals surface area contributed by atoms with Crippen LogP contribution in [0.5, 0.6) is 0 Å². The molecule has 0 spiro atoms. The van der Waals surface area contributed by atoms with E-state index in [1.165, 1.54) is 11.0 Å². The summed E-state index contributed by atoms with van der Waals surface area (Å²) in [6.45, 7) is 0.220. The molecular weight excluding hydrogens is 329 g/mol. The Morgan fingerprint density at radius 2 is 1.96 bits per heavy atom. The molecule has 1 aliphatic heterocycles. The summed E-state index contributed by atoms with van der Waals surface area (Å²) in [6.07, 6.45) is 0.0457. The highest BCUT2D eigenvalue weighted by Gasteiger charge is 2.35. The summed E-state index contributed by atoms with van der Waals surface area (Å²) in [4.78, 5) is 35.9. The lowest BCUT2D eigenvalue weighted by Crippen LogP contribution is -2.28. The first-order valence-corrected chi connectivity index (χ1v) is 7.56. The Morgan fingerprint density at radius 1 is 1.24 bits per heavy atom. The maximum Gasteiger partial charge on any atom is 0.306 e. The second-order valence-corrected chi connectivity index (χ2v) is 5.65. The minimum atomic E-state index is -0.978. The molecule has 7 nitrogen and oxygen atoms in total. The van der Waals surface area contributed by atoms with E-state index < -0.39 is 28.3 Å². The van der Waals surface area contributed by atoms with Crippen molar-refractivity contribution < 1.29 is 18.9 Å². The number of rotatable bonds is 4. The maximum absolute atomic E-state index is 13.3. The molecule has 1 atom stereocenters. The first-order valence-electron chi connectivity index (χ1n) is 7.56. The van der Waals surface area contributed by atoms with Crippen LogP contribution in [-0.4, -0.2) is 23.3 Å². The zero-order valence-electron chi connectivity index (χ0n) is 13.0. The van der Waals surface area contributed by atoms with Crippen molar-refractivity contribution in [3.63, 3.8) is 0 Å². The van der Waals surface area contributed by atoms with E-state index in [0.29, 0.717) is 5.69 Å². The molecule has 1 fully saturated rings. The van der Waals surface area contributed by atoms with Crippen LogP contribution in [0.4, 0.5) is 21.5 Å². The van der Waals surface area contributed by atoms with E-state index in [9.17, 15) is 24.1 Å². The highest BCUT2D eigenvalue weighted by Crippen LogP contribution is 2.27. The topological polar surface area (TPSA) is 92.5 Å². The molecule has 1 heterocycles. The van der Waals surface area contributed by atoms with Crippen molar-refractivity contribution >= 4 is 28.9 Å². The van der Waals surface area contributed by atoms with Crippen molar-refractivity contribution in [3.05, 3.63) is 64.5 Å². The smallest absolute Gasteiger partial charge is 0.306 e. The molecule has 8 heteroatoms. The second kappa shape index (κ2) is 6.68. The van der Waals surface area contributed by atoms with Crippen LogP contribution >= 0.6 is 0 Å². The highest BCUT2D eigenvalue weighted by molar-refractivity contribution is 6.03. The largest absolute Gasteiger partial charge is 0.326 e. The number of carbonyl (C=O) groups is 2. The van der Waals surface area contributed by atoms with Gasteiger partial charge in [0.2, 0.25) is 17.6 Å². The third-order valence-corrected chi connectivity index (χ3v) is 3.97. The summed E-state index contributed by atoms with van der Waals surface area (Å²) in [7, 11) is 0. The number of para-hydroxylation sites is 1. The number of nitrogens with zero attached hydrogens (tertiary/aromatic N) is 2. The summed E-state index contributed by atoms with van der Waals surface area (Å²) < 4.78 is 13.3. The number of amides is 2. The summed E-state index contributed by atoms with van der Waals surface area (Å²) in [6, 6.07) is 12.1. The summed E-state index contributed by atoms with van der Waals surface area (Å²) in [5.74, 6) is -2.17. The second-order valence-electron chi connectivity index (χ2n) is 5.65. The SMILES string of the molecule is O=C(Nc1ccc(F)c([N+](=O)[O-])c1)C1CC(=O)N(c2ccccc2)C1. The zero-order valence-corrected chi connectivity index (χ0v) is 13.0. The van der Waals surface area contributed by atoms with E-state index in [0.717, 1.165) is 12.1 Å². The van der Waals surface area contributed by atoms with Crippen LogP contribution < -0.4 is 10.2 Å². The van der Waals surface area contributed by atoms with Crippen molar-refractivity contribution in [1.82, 2.24) is 0 Å². The number of benzene rings is 2. The van der Waals surface area contributed by atoms with Crippen LogP contribution in [0, 0.1) is 21.8 Å². The number of halogens is 1. The maximum atomic E-state index is 13.3. The molecule has 3 rings (SSSR count). The normalized spacial score (nSPS) is 16.8. The van der Waals surface area contributed by atoms with E-state index in [2.05, 4.69) is 5.32 Å². The Balaban J connectivity index is 1.71. The van der Waals surface area contributed by atoms with Gasteiger partial charge >= 0.3 is 5.69 Å². The highest BCUT2D eigenvalue weighted by atomic mass is 19.1. The van der Waals surface area contributed by atoms with E-state index in [4.69, 9.17) is 0 Å². The standard InChI is InChI=1S/C17H14FN3O4/c18-14-7-6-12(9-15(14)21(24)25)19-17(23)11-8-16(22)20(10-11)13-4-2-1-3-5-13/h1-7,9,11H,8,10H2,(H,19,23). The number of nitrogens with one attached hydrogen (secondary N) is 1. The lowest BCUT2D eigenvalue weighted by molar-refractivity contribution is -0.387. The van der Waals surface area contributed by atoms with Gasteiger partial charge in [0.1, 0.15) is 0 Å². The Morgan fingerprint density at radius 3 is 2.64 bits per heavy atom. The number of nitro groups is 1. The fourth-order valence-corrected chi connectivity index (χ4v) is 2.72. The molecule has 0 radical (unpaired) electrons. The van der Waals surface area contributed by atoms with Gasteiger partial charge in [-0.2, -0.15) is 4.39 Å².